The molecule has 0 rings (SSSR count). The van der Waals surface area contributed by atoms with Gasteiger partial charge in [-0.2, -0.15) is 0 Å². The molecule has 0 aliphatic rings. The topological polar surface area (TPSA) is 73.9 Å². The van der Waals surface area contributed by atoms with E-state index in [9.17, 15) is 9.13 Å². The first-order valence-electron chi connectivity index (χ1n) is 6.68. The van der Waals surface area contributed by atoms with Gasteiger partial charge in [0.25, 0.3) is 0 Å². The van der Waals surface area contributed by atoms with E-state index in [1.807, 2.05) is 6.92 Å². The molecule has 2 atom stereocenters. The summed E-state index contributed by atoms with van der Waals surface area (Å²) in [6.45, 7) is 10.3. The zero-order valence-corrected chi connectivity index (χ0v) is 14.3. The minimum Gasteiger partial charge on any atom is -0.328 e. The molecule has 0 spiro atoms. The van der Waals surface area contributed by atoms with Crippen LogP contribution in [0.4, 0.5) is 0 Å². The van der Waals surface area contributed by atoms with Crippen LogP contribution in [0.1, 0.15) is 27.7 Å². The third-order valence-corrected chi connectivity index (χ3v) is 7.11. The van der Waals surface area contributed by atoms with Crippen LogP contribution in [-0.2, 0) is 22.7 Å². The van der Waals surface area contributed by atoms with Crippen LogP contribution in [0, 0.1) is 0 Å². The molecule has 0 heterocycles. The summed E-state index contributed by atoms with van der Waals surface area (Å²) in [6, 6.07) is 0. The Bertz CT molecular complexity index is 327. The van der Waals surface area contributed by atoms with Crippen molar-refractivity contribution in [2.45, 2.75) is 33.5 Å². The van der Waals surface area contributed by atoms with Crippen molar-refractivity contribution in [2.75, 3.05) is 39.2 Å². The Labute approximate surface area is 116 Å². The predicted octanol–water partition coefficient (Wildman–Crippen LogP) is 3.13. The maximum atomic E-state index is 12.5. The number of nitrogens with one attached hydrogen (secondary N) is 1. The number of hydrogen-bond acceptors (Lipinski definition) is 6. The fourth-order valence-corrected chi connectivity index (χ4v) is 6.33. The summed E-state index contributed by atoms with van der Waals surface area (Å²) in [5.74, 6) is -0.526. The minimum absolute atomic E-state index is 0.0519. The monoisotopic (exact) mass is 315 g/mol. The van der Waals surface area contributed by atoms with Crippen molar-refractivity contribution < 1.29 is 22.7 Å². The number of hydrogen-bond donors (Lipinski definition) is 1. The van der Waals surface area contributed by atoms with Gasteiger partial charge in [0, 0.05) is 6.66 Å². The van der Waals surface area contributed by atoms with Crippen LogP contribution in [0.2, 0.25) is 0 Å². The SMILES string of the molecule is CCNC(CP(=O)(OCC)OCC)P(C)(=O)OCC. The minimum atomic E-state index is -3.24. The van der Waals surface area contributed by atoms with E-state index in [0.29, 0.717) is 26.4 Å². The molecule has 116 valence electrons. The molecule has 0 aliphatic heterocycles. The highest BCUT2D eigenvalue weighted by molar-refractivity contribution is 7.61. The fourth-order valence-electron chi connectivity index (χ4n) is 1.71. The van der Waals surface area contributed by atoms with Crippen molar-refractivity contribution in [1.29, 1.82) is 0 Å². The first-order chi connectivity index (χ1) is 8.85. The first kappa shape index (κ1) is 19.3. The van der Waals surface area contributed by atoms with Crippen LogP contribution in [0.25, 0.3) is 0 Å². The van der Waals surface area contributed by atoms with Crippen molar-refractivity contribution in [3.8, 4) is 0 Å². The smallest absolute Gasteiger partial charge is 0.328 e. The lowest BCUT2D eigenvalue weighted by Gasteiger charge is -2.28. The van der Waals surface area contributed by atoms with Gasteiger partial charge >= 0.3 is 7.60 Å². The highest BCUT2D eigenvalue weighted by Gasteiger charge is 2.37. The van der Waals surface area contributed by atoms with E-state index in [1.54, 1.807) is 27.4 Å². The molecule has 0 aliphatic carbocycles. The van der Waals surface area contributed by atoms with Gasteiger partial charge in [-0.1, -0.05) is 6.92 Å². The van der Waals surface area contributed by atoms with Crippen molar-refractivity contribution in [1.82, 2.24) is 5.32 Å². The Balaban J connectivity index is 4.98. The summed E-state index contributed by atoms with van der Waals surface area (Å²) < 4.78 is 40.7. The highest BCUT2D eigenvalue weighted by atomic mass is 31.2. The van der Waals surface area contributed by atoms with Gasteiger partial charge in [0.05, 0.1) is 31.8 Å². The molecule has 0 aromatic carbocycles. The van der Waals surface area contributed by atoms with Crippen molar-refractivity contribution in [3.05, 3.63) is 0 Å². The lowest BCUT2D eigenvalue weighted by atomic mass is 10.6. The molecule has 0 bridgehead atoms. The van der Waals surface area contributed by atoms with E-state index in [0.717, 1.165) is 0 Å². The van der Waals surface area contributed by atoms with Crippen LogP contribution < -0.4 is 5.32 Å². The maximum Gasteiger partial charge on any atom is 0.332 e. The molecule has 6 nitrogen and oxygen atoms in total. The van der Waals surface area contributed by atoms with Gasteiger partial charge in [0.2, 0.25) is 7.37 Å². The molecule has 0 aromatic heterocycles. The zero-order chi connectivity index (χ0) is 14.9. The average Bonchev–Trinajstić information content (AvgIpc) is 2.29. The van der Waals surface area contributed by atoms with E-state index >= 15 is 0 Å². The summed E-state index contributed by atoms with van der Waals surface area (Å²) >= 11 is 0. The molecule has 2 unspecified atom stereocenters. The molecular formula is C11H27NO5P2. The van der Waals surface area contributed by atoms with Crippen molar-refractivity contribution in [2.24, 2.45) is 0 Å². The van der Waals surface area contributed by atoms with E-state index < -0.39 is 20.7 Å². The molecule has 8 heteroatoms. The van der Waals surface area contributed by atoms with Crippen LogP contribution in [-0.4, -0.2) is 45.0 Å². The molecule has 0 amide bonds. The Morgan fingerprint density at radius 3 is 1.79 bits per heavy atom. The third kappa shape index (κ3) is 7.03. The normalized spacial score (nSPS) is 17.1. The second-order valence-electron chi connectivity index (χ2n) is 4.03. The predicted molar refractivity (Wildman–Crippen MR) is 78.3 cm³/mol. The van der Waals surface area contributed by atoms with Gasteiger partial charge in [0.1, 0.15) is 0 Å². The second-order valence-corrected chi connectivity index (χ2v) is 8.83. The van der Waals surface area contributed by atoms with Gasteiger partial charge in [-0.05, 0) is 27.3 Å². The maximum absolute atomic E-state index is 12.5. The van der Waals surface area contributed by atoms with Crippen molar-refractivity contribution >= 4 is 15.0 Å². The molecule has 19 heavy (non-hydrogen) atoms. The Kier molecular flexibility index (Phi) is 9.42. The molecule has 0 fully saturated rings. The summed E-state index contributed by atoms with van der Waals surface area (Å²) in [5, 5.41) is 3.06. The zero-order valence-electron chi connectivity index (χ0n) is 12.5. The molecule has 0 radical (unpaired) electrons. The number of rotatable bonds is 11. The third-order valence-electron chi connectivity index (χ3n) is 2.44. The molecule has 0 saturated carbocycles. The summed E-state index contributed by atoms with van der Waals surface area (Å²) in [4.78, 5) is 0. The second kappa shape index (κ2) is 9.28. The Morgan fingerprint density at radius 1 is 0.947 bits per heavy atom. The van der Waals surface area contributed by atoms with Gasteiger partial charge in [-0.15, -0.1) is 0 Å². The van der Waals surface area contributed by atoms with E-state index in [4.69, 9.17) is 13.6 Å². The molecule has 1 N–H and O–H groups in total. The van der Waals surface area contributed by atoms with Crippen LogP contribution in [0.15, 0.2) is 0 Å². The molecule has 0 aromatic rings. The average molecular weight is 315 g/mol. The van der Waals surface area contributed by atoms with Crippen LogP contribution in [0.5, 0.6) is 0 Å². The van der Waals surface area contributed by atoms with E-state index in [-0.39, 0.29) is 6.16 Å². The lowest BCUT2D eigenvalue weighted by Crippen LogP contribution is -2.33. The fraction of sp³-hybridized carbons (Fsp3) is 1.00. The van der Waals surface area contributed by atoms with Crippen LogP contribution in [0.3, 0.4) is 0 Å². The quantitative estimate of drug-likeness (QED) is 0.590. The standard InChI is InChI=1S/C11H27NO5P2/c1-6-12-11(18(5,13)15-7-2)10-19(14,16-8-3)17-9-4/h11-12H,6-10H2,1-5H3. The Morgan fingerprint density at radius 2 is 1.42 bits per heavy atom. The highest BCUT2D eigenvalue weighted by Crippen LogP contribution is 2.56. The first-order valence-corrected chi connectivity index (χ1v) is 10.5. The molecular weight excluding hydrogens is 288 g/mol. The summed E-state index contributed by atoms with van der Waals surface area (Å²) in [5.41, 5.74) is 0. The summed E-state index contributed by atoms with van der Waals surface area (Å²) in [6.07, 6.45) is 0.0519. The summed E-state index contributed by atoms with van der Waals surface area (Å²) in [7, 11) is -6.15. The van der Waals surface area contributed by atoms with Gasteiger partial charge in [-0.3, -0.25) is 9.13 Å². The van der Waals surface area contributed by atoms with E-state index in [1.165, 1.54) is 0 Å². The van der Waals surface area contributed by atoms with Gasteiger partial charge in [0.15, 0.2) is 0 Å². The van der Waals surface area contributed by atoms with Gasteiger partial charge < -0.3 is 18.9 Å². The van der Waals surface area contributed by atoms with Crippen LogP contribution >= 0.6 is 15.0 Å². The van der Waals surface area contributed by atoms with Gasteiger partial charge in [-0.25, -0.2) is 0 Å². The largest absolute Gasteiger partial charge is 0.332 e. The van der Waals surface area contributed by atoms with E-state index in [2.05, 4.69) is 5.32 Å². The lowest BCUT2D eigenvalue weighted by molar-refractivity contribution is 0.218. The van der Waals surface area contributed by atoms with Crippen molar-refractivity contribution in [3.63, 3.8) is 0 Å². The Hall–Kier alpha value is 0.300. The molecule has 0 saturated heterocycles.